The normalized spacial score (nSPS) is 10.6. The van der Waals surface area contributed by atoms with Crippen LogP contribution in [-0.4, -0.2) is 6.61 Å². The van der Waals surface area contributed by atoms with Gasteiger partial charge in [0.2, 0.25) is 0 Å². The van der Waals surface area contributed by atoms with Crippen LogP contribution in [0.25, 0.3) is 0 Å². The number of benzene rings is 2. The summed E-state index contributed by atoms with van der Waals surface area (Å²) >= 11 is 0. The SMILES string of the molecule is CCOCc1ccccc1NCc1cccc(F)c1F. The first-order valence-electron chi connectivity index (χ1n) is 6.54. The Morgan fingerprint density at radius 3 is 2.55 bits per heavy atom. The number of ether oxygens (including phenoxy) is 1. The Morgan fingerprint density at radius 2 is 1.75 bits per heavy atom. The third kappa shape index (κ3) is 3.54. The highest BCUT2D eigenvalue weighted by molar-refractivity contribution is 5.51. The van der Waals surface area contributed by atoms with Gasteiger partial charge in [-0.25, -0.2) is 8.78 Å². The van der Waals surface area contributed by atoms with E-state index in [0.29, 0.717) is 18.8 Å². The fraction of sp³-hybridized carbons (Fsp3) is 0.250. The van der Waals surface area contributed by atoms with Crippen LogP contribution in [0.1, 0.15) is 18.1 Å². The molecule has 0 saturated carbocycles. The number of anilines is 1. The molecule has 0 bridgehead atoms. The number of hydrogen-bond donors (Lipinski definition) is 1. The molecule has 0 atom stereocenters. The summed E-state index contributed by atoms with van der Waals surface area (Å²) in [4.78, 5) is 0. The molecule has 0 aliphatic heterocycles. The maximum atomic E-state index is 13.6. The van der Waals surface area contributed by atoms with Crippen molar-refractivity contribution in [3.8, 4) is 0 Å². The summed E-state index contributed by atoms with van der Waals surface area (Å²) in [7, 11) is 0. The predicted molar refractivity (Wildman–Crippen MR) is 75.5 cm³/mol. The summed E-state index contributed by atoms with van der Waals surface area (Å²) in [5.74, 6) is -1.63. The Labute approximate surface area is 117 Å². The van der Waals surface area contributed by atoms with Crippen molar-refractivity contribution in [3.63, 3.8) is 0 Å². The van der Waals surface area contributed by atoms with E-state index in [4.69, 9.17) is 4.74 Å². The van der Waals surface area contributed by atoms with Crippen LogP contribution in [0.4, 0.5) is 14.5 Å². The van der Waals surface area contributed by atoms with Crippen molar-refractivity contribution in [2.75, 3.05) is 11.9 Å². The Bertz CT molecular complexity index is 572. The van der Waals surface area contributed by atoms with E-state index in [2.05, 4.69) is 5.32 Å². The van der Waals surface area contributed by atoms with Gasteiger partial charge in [-0.15, -0.1) is 0 Å². The van der Waals surface area contributed by atoms with Gasteiger partial charge in [-0.1, -0.05) is 30.3 Å². The summed E-state index contributed by atoms with van der Waals surface area (Å²) in [6.07, 6.45) is 0. The van der Waals surface area contributed by atoms with Crippen molar-refractivity contribution in [1.82, 2.24) is 0 Å². The van der Waals surface area contributed by atoms with Crippen LogP contribution in [0.3, 0.4) is 0 Å². The molecule has 1 N–H and O–H groups in total. The molecule has 0 aliphatic carbocycles. The maximum absolute atomic E-state index is 13.6. The molecule has 20 heavy (non-hydrogen) atoms. The number of para-hydroxylation sites is 1. The molecular weight excluding hydrogens is 260 g/mol. The highest BCUT2D eigenvalue weighted by atomic mass is 19.2. The lowest BCUT2D eigenvalue weighted by Gasteiger charge is -2.12. The summed E-state index contributed by atoms with van der Waals surface area (Å²) < 4.78 is 32.1. The van der Waals surface area contributed by atoms with Gasteiger partial charge >= 0.3 is 0 Å². The Kier molecular flexibility index (Phi) is 5.07. The van der Waals surface area contributed by atoms with Crippen LogP contribution in [-0.2, 0) is 17.9 Å². The molecule has 0 radical (unpaired) electrons. The number of halogens is 2. The molecule has 0 aromatic heterocycles. The smallest absolute Gasteiger partial charge is 0.163 e. The summed E-state index contributed by atoms with van der Waals surface area (Å²) in [6, 6.07) is 11.8. The molecule has 0 spiro atoms. The van der Waals surface area contributed by atoms with Crippen molar-refractivity contribution in [3.05, 3.63) is 65.2 Å². The van der Waals surface area contributed by atoms with Gasteiger partial charge in [0.1, 0.15) is 0 Å². The summed E-state index contributed by atoms with van der Waals surface area (Å²) in [6.45, 7) is 3.28. The molecule has 0 heterocycles. The first kappa shape index (κ1) is 14.5. The molecule has 106 valence electrons. The predicted octanol–water partition coefficient (Wildman–Crippen LogP) is 4.11. The second-order valence-corrected chi connectivity index (χ2v) is 4.36. The fourth-order valence-corrected chi connectivity index (χ4v) is 1.91. The second-order valence-electron chi connectivity index (χ2n) is 4.36. The zero-order chi connectivity index (χ0) is 14.4. The average molecular weight is 277 g/mol. The van der Waals surface area contributed by atoms with Crippen LogP contribution in [0, 0.1) is 11.6 Å². The van der Waals surface area contributed by atoms with Crippen LogP contribution < -0.4 is 5.32 Å². The molecule has 0 saturated heterocycles. The van der Waals surface area contributed by atoms with E-state index in [-0.39, 0.29) is 6.54 Å². The maximum Gasteiger partial charge on any atom is 0.163 e. The standard InChI is InChI=1S/C16H17F2NO/c1-2-20-11-13-6-3-4-9-15(13)19-10-12-7-5-8-14(17)16(12)18/h3-9,19H,2,10-11H2,1H3. The van der Waals surface area contributed by atoms with Gasteiger partial charge in [-0.2, -0.15) is 0 Å². The monoisotopic (exact) mass is 277 g/mol. The van der Waals surface area contributed by atoms with Crippen molar-refractivity contribution in [1.29, 1.82) is 0 Å². The molecule has 2 aromatic carbocycles. The lowest BCUT2D eigenvalue weighted by atomic mass is 10.1. The topological polar surface area (TPSA) is 21.3 Å². The van der Waals surface area contributed by atoms with Crippen molar-refractivity contribution in [2.45, 2.75) is 20.1 Å². The van der Waals surface area contributed by atoms with E-state index in [1.54, 1.807) is 6.07 Å². The highest BCUT2D eigenvalue weighted by Gasteiger charge is 2.08. The summed E-state index contributed by atoms with van der Waals surface area (Å²) in [5, 5.41) is 3.12. The van der Waals surface area contributed by atoms with Gasteiger partial charge in [-0.3, -0.25) is 0 Å². The third-order valence-corrected chi connectivity index (χ3v) is 2.98. The van der Waals surface area contributed by atoms with E-state index >= 15 is 0 Å². The summed E-state index contributed by atoms with van der Waals surface area (Å²) in [5.41, 5.74) is 2.16. The zero-order valence-corrected chi connectivity index (χ0v) is 11.3. The minimum Gasteiger partial charge on any atom is -0.381 e. The van der Waals surface area contributed by atoms with Gasteiger partial charge in [0.15, 0.2) is 11.6 Å². The zero-order valence-electron chi connectivity index (χ0n) is 11.3. The minimum atomic E-state index is -0.827. The van der Waals surface area contributed by atoms with E-state index in [1.165, 1.54) is 6.07 Å². The minimum absolute atomic E-state index is 0.229. The second kappa shape index (κ2) is 7.01. The molecule has 2 rings (SSSR count). The first-order chi connectivity index (χ1) is 9.72. The van der Waals surface area contributed by atoms with Crippen LogP contribution in [0.15, 0.2) is 42.5 Å². The van der Waals surface area contributed by atoms with Gasteiger partial charge < -0.3 is 10.1 Å². The highest BCUT2D eigenvalue weighted by Crippen LogP contribution is 2.18. The lowest BCUT2D eigenvalue weighted by Crippen LogP contribution is -2.06. The fourth-order valence-electron chi connectivity index (χ4n) is 1.91. The van der Waals surface area contributed by atoms with Crippen LogP contribution in [0.2, 0.25) is 0 Å². The quantitative estimate of drug-likeness (QED) is 0.857. The third-order valence-electron chi connectivity index (χ3n) is 2.98. The van der Waals surface area contributed by atoms with Crippen LogP contribution in [0.5, 0.6) is 0 Å². The molecule has 0 amide bonds. The molecule has 0 unspecified atom stereocenters. The largest absolute Gasteiger partial charge is 0.381 e. The molecular formula is C16H17F2NO. The van der Waals surface area contributed by atoms with E-state index in [1.807, 2.05) is 31.2 Å². The number of rotatable bonds is 6. The van der Waals surface area contributed by atoms with Gasteiger partial charge in [0, 0.05) is 30.0 Å². The first-order valence-corrected chi connectivity index (χ1v) is 6.54. The molecule has 4 heteroatoms. The van der Waals surface area contributed by atoms with Crippen molar-refractivity contribution >= 4 is 5.69 Å². The van der Waals surface area contributed by atoms with E-state index in [0.717, 1.165) is 17.3 Å². The van der Waals surface area contributed by atoms with E-state index < -0.39 is 11.6 Å². The van der Waals surface area contributed by atoms with E-state index in [9.17, 15) is 8.78 Å². The van der Waals surface area contributed by atoms with Gasteiger partial charge in [-0.05, 0) is 19.1 Å². The Balaban J connectivity index is 2.09. The van der Waals surface area contributed by atoms with Crippen molar-refractivity contribution < 1.29 is 13.5 Å². The molecule has 2 nitrogen and oxygen atoms in total. The van der Waals surface area contributed by atoms with Crippen molar-refractivity contribution in [2.24, 2.45) is 0 Å². The number of hydrogen-bond acceptors (Lipinski definition) is 2. The van der Waals surface area contributed by atoms with Gasteiger partial charge in [0.05, 0.1) is 6.61 Å². The Hall–Kier alpha value is -1.94. The number of nitrogens with one attached hydrogen (secondary N) is 1. The van der Waals surface area contributed by atoms with Crippen LogP contribution >= 0.6 is 0 Å². The molecule has 0 aliphatic rings. The molecule has 0 fully saturated rings. The average Bonchev–Trinajstić information content (AvgIpc) is 2.47. The Morgan fingerprint density at radius 1 is 1.00 bits per heavy atom. The lowest BCUT2D eigenvalue weighted by molar-refractivity contribution is 0.134. The van der Waals surface area contributed by atoms with Gasteiger partial charge in [0.25, 0.3) is 0 Å². The molecule has 2 aromatic rings.